The molecule has 0 radical (unpaired) electrons. The van der Waals surface area contributed by atoms with Gasteiger partial charge in [-0.1, -0.05) is 12.1 Å². The van der Waals surface area contributed by atoms with E-state index in [4.69, 9.17) is 15.2 Å². The lowest BCUT2D eigenvalue weighted by Crippen LogP contribution is -2.16. The van der Waals surface area contributed by atoms with Crippen LogP contribution in [0.5, 0.6) is 11.5 Å². The summed E-state index contributed by atoms with van der Waals surface area (Å²) >= 11 is 0. The van der Waals surface area contributed by atoms with Gasteiger partial charge in [0.25, 0.3) is 5.91 Å². The minimum absolute atomic E-state index is 0.172. The van der Waals surface area contributed by atoms with Crippen molar-refractivity contribution in [1.82, 2.24) is 4.57 Å². The summed E-state index contributed by atoms with van der Waals surface area (Å²) in [4.78, 5) is 23.9. The van der Waals surface area contributed by atoms with Crippen molar-refractivity contribution in [2.45, 2.75) is 20.3 Å². The molecule has 2 amide bonds. The smallest absolute Gasteiger partial charge is 0.257 e. The van der Waals surface area contributed by atoms with Crippen LogP contribution >= 0.6 is 0 Å². The Morgan fingerprint density at radius 3 is 2.40 bits per heavy atom. The van der Waals surface area contributed by atoms with E-state index in [0.717, 1.165) is 28.4 Å². The molecule has 3 aromatic rings. The Labute approximate surface area is 174 Å². The molecule has 1 aliphatic heterocycles. The summed E-state index contributed by atoms with van der Waals surface area (Å²) in [7, 11) is 0. The highest BCUT2D eigenvalue weighted by Crippen LogP contribution is 2.33. The van der Waals surface area contributed by atoms with E-state index in [1.165, 1.54) is 0 Å². The van der Waals surface area contributed by atoms with Gasteiger partial charge < -0.3 is 25.1 Å². The molecule has 7 nitrogen and oxygen atoms in total. The first-order valence-electron chi connectivity index (χ1n) is 9.70. The van der Waals surface area contributed by atoms with E-state index < -0.39 is 5.91 Å². The molecule has 154 valence electrons. The first kappa shape index (κ1) is 19.6. The van der Waals surface area contributed by atoms with Crippen LogP contribution in [-0.4, -0.2) is 29.6 Å². The second-order valence-electron chi connectivity index (χ2n) is 7.24. The van der Waals surface area contributed by atoms with Crippen molar-refractivity contribution >= 4 is 17.5 Å². The Bertz CT molecular complexity index is 1120. The third-order valence-electron chi connectivity index (χ3n) is 5.05. The fourth-order valence-electron chi connectivity index (χ4n) is 3.67. The molecule has 7 heteroatoms. The van der Waals surface area contributed by atoms with Gasteiger partial charge in [-0.2, -0.15) is 0 Å². The minimum Gasteiger partial charge on any atom is -0.486 e. The largest absolute Gasteiger partial charge is 0.486 e. The number of aromatic nitrogens is 1. The van der Waals surface area contributed by atoms with Gasteiger partial charge in [-0.05, 0) is 49.7 Å². The van der Waals surface area contributed by atoms with Gasteiger partial charge in [-0.15, -0.1) is 0 Å². The molecule has 2 heterocycles. The Kier molecular flexibility index (Phi) is 5.18. The van der Waals surface area contributed by atoms with E-state index in [0.29, 0.717) is 30.2 Å². The Morgan fingerprint density at radius 1 is 1.00 bits per heavy atom. The zero-order valence-corrected chi connectivity index (χ0v) is 16.9. The van der Waals surface area contributed by atoms with Gasteiger partial charge >= 0.3 is 0 Å². The number of amides is 2. The number of rotatable bonds is 5. The van der Waals surface area contributed by atoms with Crippen LogP contribution < -0.4 is 20.5 Å². The normalized spacial score (nSPS) is 12.5. The predicted octanol–water partition coefficient (Wildman–Crippen LogP) is 3.15. The van der Waals surface area contributed by atoms with Crippen LogP contribution in [-0.2, 0) is 11.2 Å². The van der Waals surface area contributed by atoms with Crippen LogP contribution in [0.4, 0.5) is 5.69 Å². The van der Waals surface area contributed by atoms with E-state index in [2.05, 4.69) is 5.32 Å². The van der Waals surface area contributed by atoms with Gasteiger partial charge in [0.2, 0.25) is 5.91 Å². The highest BCUT2D eigenvalue weighted by molar-refractivity contribution is 6.05. The number of ether oxygens (including phenoxy) is 2. The van der Waals surface area contributed by atoms with Crippen LogP contribution in [0.25, 0.3) is 5.69 Å². The molecule has 1 aromatic heterocycles. The number of hydrogen-bond donors (Lipinski definition) is 2. The molecule has 4 rings (SSSR count). The molecule has 0 bridgehead atoms. The van der Waals surface area contributed by atoms with Crippen molar-refractivity contribution in [2.24, 2.45) is 5.73 Å². The van der Waals surface area contributed by atoms with E-state index >= 15 is 0 Å². The maximum Gasteiger partial charge on any atom is 0.257 e. The van der Waals surface area contributed by atoms with Gasteiger partial charge in [0.05, 0.1) is 12.0 Å². The number of nitrogens with one attached hydrogen (secondary N) is 1. The van der Waals surface area contributed by atoms with Crippen molar-refractivity contribution in [3.05, 3.63) is 71.0 Å². The van der Waals surface area contributed by atoms with Gasteiger partial charge in [-0.3, -0.25) is 9.59 Å². The zero-order chi connectivity index (χ0) is 21.3. The van der Waals surface area contributed by atoms with Crippen LogP contribution in [0, 0.1) is 13.8 Å². The summed E-state index contributed by atoms with van der Waals surface area (Å²) in [6, 6.07) is 14.7. The number of carbonyl (C=O) groups is 2. The average molecular weight is 405 g/mol. The summed E-state index contributed by atoms with van der Waals surface area (Å²) in [6.45, 7) is 4.93. The van der Waals surface area contributed by atoms with E-state index in [1.807, 2.05) is 42.7 Å². The molecule has 0 fully saturated rings. The second kappa shape index (κ2) is 7.94. The quantitative estimate of drug-likeness (QED) is 0.682. The number of nitrogens with two attached hydrogens (primary N) is 1. The first-order valence-corrected chi connectivity index (χ1v) is 9.70. The number of nitrogens with zero attached hydrogens (tertiary/aromatic N) is 1. The number of hydrogen-bond acceptors (Lipinski definition) is 4. The molecule has 2 aromatic carbocycles. The summed E-state index contributed by atoms with van der Waals surface area (Å²) in [5.74, 6) is 0.839. The molecule has 0 saturated carbocycles. The fourth-order valence-corrected chi connectivity index (χ4v) is 3.67. The van der Waals surface area contributed by atoms with Crippen LogP contribution in [0.3, 0.4) is 0 Å². The molecule has 3 N–H and O–H groups in total. The van der Waals surface area contributed by atoms with Gasteiger partial charge in [0.15, 0.2) is 11.5 Å². The average Bonchev–Trinajstić information content (AvgIpc) is 3.03. The predicted molar refractivity (Wildman–Crippen MR) is 114 cm³/mol. The number of benzene rings is 2. The molecular weight excluding hydrogens is 382 g/mol. The van der Waals surface area contributed by atoms with Gasteiger partial charge in [0, 0.05) is 28.8 Å². The Balaban J connectivity index is 1.57. The number of fused-ring (bicyclic) bond motifs is 1. The van der Waals surface area contributed by atoms with Crippen molar-refractivity contribution in [3.8, 4) is 17.2 Å². The summed E-state index contributed by atoms with van der Waals surface area (Å²) in [5.41, 5.74) is 9.92. The van der Waals surface area contributed by atoms with Crippen LogP contribution in [0.1, 0.15) is 27.3 Å². The van der Waals surface area contributed by atoms with Crippen molar-refractivity contribution in [1.29, 1.82) is 0 Å². The third kappa shape index (κ3) is 3.87. The standard InChI is InChI=1S/C23H23N3O4/c1-14-11-19(23(28)25-17-5-3-16(4-6-17)12-22(24)27)15(2)26(14)18-7-8-20-21(13-18)30-10-9-29-20/h3-8,11,13H,9-10,12H2,1-2H3,(H2,24,27)(H,25,28). The number of anilines is 1. The summed E-state index contributed by atoms with van der Waals surface area (Å²) in [6.07, 6.45) is 0.172. The van der Waals surface area contributed by atoms with Crippen molar-refractivity contribution < 1.29 is 19.1 Å². The molecule has 0 spiro atoms. The van der Waals surface area contributed by atoms with E-state index in [-0.39, 0.29) is 12.3 Å². The summed E-state index contributed by atoms with van der Waals surface area (Å²) < 4.78 is 13.3. The highest BCUT2D eigenvalue weighted by Gasteiger charge is 2.19. The highest BCUT2D eigenvalue weighted by atomic mass is 16.6. The lowest BCUT2D eigenvalue weighted by molar-refractivity contribution is -0.117. The van der Waals surface area contributed by atoms with Crippen LogP contribution in [0.2, 0.25) is 0 Å². The number of carbonyl (C=O) groups excluding carboxylic acids is 2. The lowest BCUT2D eigenvalue weighted by Gasteiger charge is -2.20. The topological polar surface area (TPSA) is 95.6 Å². The van der Waals surface area contributed by atoms with Crippen molar-refractivity contribution in [2.75, 3.05) is 18.5 Å². The molecule has 30 heavy (non-hydrogen) atoms. The van der Waals surface area contributed by atoms with Gasteiger partial charge in [0.1, 0.15) is 13.2 Å². The fraction of sp³-hybridized carbons (Fsp3) is 0.217. The van der Waals surface area contributed by atoms with E-state index in [9.17, 15) is 9.59 Å². The first-order chi connectivity index (χ1) is 14.4. The van der Waals surface area contributed by atoms with Gasteiger partial charge in [-0.25, -0.2) is 0 Å². The van der Waals surface area contributed by atoms with E-state index in [1.54, 1.807) is 24.3 Å². The molecule has 0 aliphatic carbocycles. The minimum atomic E-state index is -0.390. The molecular formula is C23H23N3O4. The molecule has 0 atom stereocenters. The number of primary amides is 1. The van der Waals surface area contributed by atoms with Crippen LogP contribution in [0.15, 0.2) is 48.5 Å². The monoisotopic (exact) mass is 405 g/mol. The Hall–Kier alpha value is -3.74. The number of aryl methyl sites for hydroxylation is 1. The molecule has 0 saturated heterocycles. The SMILES string of the molecule is Cc1cc(C(=O)Nc2ccc(CC(N)=O)cc2)c(C)n1-c1ccc2c(c1)OCCO2. The van der Waals surface area contributed by atoms with Crippen molar-refractivity contribution in [3.63, 3.8) is 0 Å². The Morgan fingerprint density at radius 2 is 1.70 bits per heavy atom. The molecule has 0 unspecified atom stereocenters. The zero-order valence-electron chi connectivity index (χ0n) is 16.9. The third-order valence-corrected chi connectivity index (χ3v) is 5.05. The maximum atomic E-state index is 12.9. The maximum absolute atomic E-state index is 12.9. The summed E-state index contributed by atoms with van der Waals surface area (Å²) in [5, 5.41) is 2.91. The second-order valence-corrected chi connectivity index (χ2v) is 7.24. The lowest BCUT2D eigenvalue weighted by atomic mass is 10.1. The molecule has 1 aliphatic rings.